The Balaban J connectivity index is 2.16. The van der Waals surface area contributed by atoms with E-state index in [1.165, 1.54) is 12.1 Å². The van der Waals surface area contributed by atoms with Gasteiger partial charge < -0.3 is 11.1 Å². The minimum Gasteiger partial charge on any atom is -0.396 e. The van der Waals surface area contributed by atoms with Crippen LogP contribution in [0.15, 0.2) is 36.4 Å². The number of nitrogens with one attached hydrogen (secondary N) is 1. The second-order valence-electron chi connectivity index (χ2n) is 4.60. The van der Waals surface area contributed by atoms with Crippen LogP contribution in [0.4, 0.5) is 10.1 Å². The van der Waals surface area contributed by atoms with E-state index < -0.39 is 11.7 Å². The smallest absolute Gasteiger partial charge is 0.251 e. The SMILES string of the molecule is CC(NC(=O)c1ccc(N)c(F)c1)c1ccc(Cl)cc1Cl. The van der Waals surface area contributed by atoms with Gasteiger partial charge in [-0.1, -0.05) is 29.3 Å². The van der Waals surface area contributed by atoms with E-state index in [0.29, 0.717) is 10.0 Å². The summed E-state index contributed by atoms with van der Waals surface area (Å²) in [7, 11) is 0. The molecule has 1 unspecified atom stereocenters. The summed E-state index contributed by atoms with van der Waals surface area (Å²) >= 11 is 11.9. The van der Waals surface area contributed by atoms with Gasteiger partial charge in [0.1, 0.15) is 5.82 Å². The van der Waals surface area contributed by atoms with Crippen molar-refractivity contribution < 1.29 is 9.18 Å². The fraction of sp³-hybridized carbons (Fsp3) is 0.133. The molecular formula is C15H13Cl2FN2O. The zero-order valence-electron chi connectivity index (χ0n) is 11.2. The molecule has 0 bridgehead atoms. The van der Waals surface area contributed by atoms with E-state index in [9.17, 15) is 9.18 Å². The van der Waals surface area contributed by atoms with Crippen LogP contribution < -0.4 is 11.1 Å². The Kier molecular flexibility index (Phi) is 4.70. The third kappa shape index (κ3) is 3.65. The number of halogens is 3. The number of carbonyl (C=O) groups excluding carboxylic acids is 1. The summed E-state index contributed by atoms with van der Waals surface area (Å²) in [6.45, 7) is 1.78. The fourth-order valence-electron chi connectivity index (χ4n) is 1.88. The first kappa shape index (κ1) is 15.6. The summed E-state index contributed by atoms with van der Waals surface area (Å²) in [5.74, 6) is -1.03. The van der Waals surface area contributed by atoms with Crippen molar-refractivity contribution in [1.82, 2.24) is 5.32 Å². The van der Waals surface area contributed by atoms with Crippen LogP contribution in [0.2, 0.25) is 10.0 Å². The normalized spacial score (nSPS) is 12.0. The maximum atomic E-state index is 13.4. The Morgan fingerprint density at radius 1 is 1.24 bits per heavy atom. The Labute approximate surface area is 131 Å². The van der Waals surface area contributed by atoms with E-state index in [0.717, 1.165) is 11.6 Å². The van der Waals surface area contributed by atoms with Gasteiger partial charge in [-0.2, -0.15) is 0 Å². The van der Waals surface area contributed by atoms with Crippen molar-refractivity contribution in [1.29, 1.82) is 0 Å². The van der Waals surface area contributed by atoms with Gasteiger partial charge in [0.25, 0.3) is 5.91 Å². The average molecular weight is 327 g/mol. The number of carbonyl (C=O) groups is 1. The molecule has 0 aromatic heterocycles. The van der Waals surface area contributed by atoms with Crippen molar-refractivity contribution in [3.05, 3.63) is 63.4 Å². The molecule has 0 fully saturated rings. The molecule has 3 N–H and O–H groups in total. The van der Waals surface area contributed by atoms with Crippen LogP contribution in [0, 0.1) is 5.82 Å². The highest BCUT2D eigenvalue weighted by molar-refractivity contribution is 6.35. The van der Waals surface area contributed by atoms with E-state index >= 15 is 0 Å². The summed E-state index contributed by atoms with van der Waals surface area (Å²) < 4.78 is 13.4. The first-order valence-electron chi connectivity index (χ1n) is 6.19. The second-order valence-corrected chi connectivity index (χ2v) is 5.44. The van der Waals surface area contributed by atoms with Gasteiger partial charge >= 0.3 is 0 Å². The van der Waals surface area contributed by atoms with Crippen molar-refractivity contribution in [2.75, 3.05) is 5.73 Å². The third-order valence-electron chi connectivity index (χ3n) is 3.04. The largest absolute Gasteiger partial charge is 0.396 e. The van der Waals surface area contributed by atoms with Gasteiger partial charge in [-0.05, 0) is 42.8 Å². The first-order chi connectivity index (χ1) is 9.88. The molecule has 2 aromatic carbocycles. The Morgan fingerprint density at radius 3 is 2.57 bits per heavy atom. The minimum atomic E-state index is -0.625. The maximum absolute atomic E-state index is 13.4. The predicted octanol–water partition coefficient (Wildman–Crippen LogP) is 4.21. The molecule has 1 amide bonds. The van der Waals surface area contributed by atoms with E-state index in [-0.39, 0.29) is 17.3 Å². The van der Waals surface area contributed by atoms with Gasteiger partial charge in [-0.3, -0.25) is 4.79 Å². The molecule has 3 nitrogen and oxygen atoms in total. The molecule has 0 aliphatic carbocycles. The Bertz CT molecular complexity index is 691. The molecule has 0 radical (unpaired) electrons. The molecule has 0 spiro atoms. The summed E-state index contributed by atoms with van der Waals surface area (Å²) in [4.78, 5) is 12.1. The van der Waals surface area contributed by atoms with Gasteiger partial charge in [-0.25, -0.2) is 4.39 Å². The number of nitrogens with two attached hydrogens (primary N) is 1. The van der Waals surface area contributed by atoms with E-state index in [4.69, 9.17) is 28.9 Å². The molecular weight excluding hydrogens is 314 g/mol. The van der Waals surface area contributed by atoms with Crippen molar-refractivity contribution in [3.8, 4) is 0 Å². The third-order valence-corrected chi connectivity index (χ3v) is 3.60. The lowest BCUT2D eigenvalue weighted by atomic mass is 10.1. The van der Waals surface area contributed by atoms with Crippen LogP contribution >= 0.6 is 23.2 Å². The molecule has 0 aliphatic rings. The quantitative estimate of drug-likeness (QED) is 0.830. The van der Waals surface area contributed by atoms with Crippen molar-refractivity contribution >= 4 is 34.8 Å². The summed E-state index contributed by atoms with van der Waals surface area (Å²) in [6, 6.07) is 8.59. The van der Waals surface area contributed by atoms with Gasteiger partial charge in [0.2, 0.25) is 0 Å². The van der Waals surface area contributed by atoms with Crippen LogP contribution in [0.1, 0.15) is 28.9 Å². The molecule has 21 heavy (non-hydrogen) atoms. The number of anilines is 1. The number of hydrogen-bond donors (Lipinski definition) is 2. The molecule has 0 saturated heterocycles. The highest BCUT2D eigenvalue weighted by atomic mass is 35.5. The summed E-state index contributed by atoms with van der Waals surface area (Å²) in [5, 5.41) is 3.72. The highest BCUT2D eigenvalue weighted by Gasteiger charge is 2.15. The molecule has 110 valence electrons. The summed E-state index contributed by atoms with van der Waals surface area (Å²) in [6.07, 6.45) is 0. The fourth-order valence-corrected chi connectivity index (χ4v) is 2.45. The lowest BCUT2D eigenvalue weighted by Crippen LogP contribution is -2.27. The standard InChI is InChI=1S/C15H13Cl2FN2O/c1-8(11-4-3-10(16)7-12(11)17)20-15(21)9-2-5-14(19)13(18)6-9/h2-8H,19H2,1H3,(H,20,21). The maximum Gasteiger partial charge on any atom is 0.251 e. The number of rotatable bonds is 3. The minimum absolute atomic E-state index is 0.000319. The van der Waals surface area contributed by atoms with Crippen LogP contribution in [0.3, 0.4) is 0 Å². The number of nitrogen functional groups attached to an aromatic ring is 1. The molecule has 0 heterocycles. The number of hydrogen-bond acceptors (Lipinski definition) is 2. The van der Waals surface area contributed by atoms with Gasteiger partial charge in [0, 0.05) is 15.6 Å². The number of amides is 1. The second kappa shape index (κ2) is 6.33. The Hall–Kier alpha value is -1.78. The van der Waals surface area contributed by atoms with Gasteiger partial charge in [0.15, 0.2) is 0 Å². The van der Waals surface area contributed by atoms with Crippen LogP contribution in [-0.4, -0.2) is 5.91 Å². The van der Waals surface area contributed by atoms with E-state index in [1.54, 1.807) is 25.1 Å². The predicted molar refractivity (Wildman–Crippen MR) is 83.2 cm³/mol. The van der Waals surface area contributed by atoms with Crippen LogP contribution in [-0.2, 0) is 0 Å². The molecule has 2 rings (SSSR count). The first-order valence-corrected chi connectivity index (χ1v) is 6.95. The molecule has 6 heteroatoms. The number of benzene rings is 2. The van der Waals surface area contributed by atoms with E-state index in [2.05, 4.69) is 5.32 Å². The van der Waals surface area contributed by atoms with Crippen molar-refractivity contribution in [3.63, 3.8) is 0 Å². The van der Waals surface area contributed by atoms with Crippen molar-refractivity contribution in [2.24, 2.45) is 0 Å². The highest BCUT2D eigenvalue weighted by Crippen LogP contribution is 2.26. The van der Waals surface area contributed by atoms with Gasteiger partial charge in [-0.15, -0.1) is 0 Å². The Morgan fingerprint density at radius 2 is 1.95 bits per heavy atom. The van der Waals surface area contributed by atoms with Crippen molar-refractivity contribution in [2.45, 2.75) is 13.0 Å². The molecule has 0 aliphatic heterocycles. The van der Waals surface area contributed by atoms with Crippen LogP contribution in [0.5, 0.6) is 0 Å². The molecule has 2 aromatic rings. The van der Waals surface area contributed by atoms with E-state index in [1.807, 2.05) is 0 Å². The zero-order valence-corrected chi connectivity index (χ0v) is 12.7. The average Bonchev–Trinajstić information content (AvgIpc) is 2.41. The molecule has 0 saturated carbocycles. The zero-order chi connectivity index (χ0) is 15.6. The monoisotopic (exact) mass is 326 g/mol. The lowest BCUT2D eigenvalue weighted by molar-refractivity contribution is 0.0939. The summed E-state index contributed by atoms with van der Waals surface area (Å²) in [5.41, 5.74) is 6.30. The molecule has 1 atom stereocenters. The lowest BCUT2D eigenvalue weighted by Gasteiger charge is -2.16. The van der Waals surface area contributed by atoms with Crippen LogP contribution in [0.25, 0.3) is 0 Å². The van der Waals surface area contributed by atoms with Gasteiger partial charge in [0.05, 0.1) is 11.7 Å². The topological polar surface area (TPSA) is 55.1 Å².